The minimum Gasteiger partial charge on any atom is -0.502 e. The Morgan fingerprint density at radius 2 is 1.96 bits per heavy atom. The molecule has 0 spiro atoms. The number of anilines is 1. The summed E-state index contributed by atoms with van der Waals surface area (Å²) in [7, 11) is 2.81. The quantitative estimate of drug-likeness (QED) is 0.731. The number of ether oxygens (including phenoxy) is 2. The van der Waals surface area contributed by atoms with Crippen molar-refractivity contribution in [2.45, 2.75) is 6.04 Å². The molecule has 0 bridgehead atoms. The van der Waals surface area contributed by atoms with E-state index in [-0.39, 0.29) is 28.9 Å². The molecule has 2 aromatic rings. The molecule has 0 saturated carbocycles. The smallest absolute Gasteiger partial charge is 0.352 e. The van der Waals surface area contributed by atoms with Crippen molar-refractivity contribution in [3.63, 3.8) is 0 Å². The summed E-state index contributed by atoms with van der Waals surface area (Å²) >= 11 is 0. The number of aliphatic carboxylic acids is 1. The second-order valence-electron chi connectivity index (χ2n) is 4.68. The molecule has 120 valence electrons. The lowest BCUT2D eigenvalue weighted by atomic mass is 10.0. The second-order valence-corrected chi connectivity index (χ2v) is 4.68. The number of aromatic hydroxyl groups is 1. The molecule has 10 heteroatoms. The first kappa shape index (κ1) is 14.6. The van der Waals surface area contributed by atoms with Gasteiger partial charge in [0.1, 0.15) is 11.7 Å². The normalized spacial score (nSPS) is 16.1. The number of methoxy groups -OCH3 is 2. The van der Waals surface area contributed by atoms with E-state index in [1.54, 1.807) is 12.1 Å². The average molecular weight is 319 g/mol. The van der Waals surface area contributed by atoms with Crippen LogP contribution in [-0.2, 0) is 4.79 Å². The Balaban J connectivity index is 2.16. The molecule has 1 atom stereocenters. The molecule has 1 unspecified atom stereocenters. The highest BCUT2D eigenvalue weighted by molar-refractivity contribution is 5.90. The van der Waals surface area contributed by atoms with Gasteiger partial charge in [-0.3, -0.25) is 0 Å². The maximum absolute atomic E-state index is 11.3. The number of tetrazole rings is 1. The molecule has 0 radical (unpaired) electrons. The number of nitrogens with zero attached hydrogens (tertiary/aromatic N) is 4. The minimum atomic E-state index is -1.14. The lowest BCUT2D eigenvalue weighted by Gasteiger charge is -2.22. The van der Waals surface area contributed by atoms with E-state index in [0.717, 1.165) is 0 Å². The number of carbonyl (C=O) groups is 1. The van der Waals surface area contributed by atoms with Crippen molar-refractivity contribution < 1.29 is 24.5 Å². The van der Waals surface area contributed by atoms with E-state index >= 15 is 0 Å². The van der Waals surface area contributed by atoms with Crippen LogP contribution in [0, 0.1) is 0 Å². The van der Waals surface area contributed by atoms with Gasteiger partial charge in [0.05, 0.1) is 14.2 Å². The number of carboxylic acid groups (broad SMARTS) is 1. The summed E-state index contributed by atoms with van der Waals surface area (Å²) in [4.78, 5) is 11.3. The van der Waals surface area contributed by atoms with Crippen molar-refractivity contribution in [3.8, 4) is 17.2 Å². The largest absolute Gasteiger partial charge is 0.502 e. The third-order valence-corrected chi connectivity index (χ3v) is 3.40. The first-order chi connectivity index (χ1) is 11.0. The fourth-order valence-electron chi connectivity index (χ4n) is 2.30. The molecule has 0 amide bonds. The maximum Gasteiger partial charge on any atom is 0.352 e. The molecule has 0 saturated heterocycles. The van der Waals surface area contributed by atoms with E-state index in [1.165, 1.54) is 25.0 Å². The van der Waals surface area contributed by atoms with Crippen molar-refractivity contribution in [1.82, 2.24) is 20.2 Å². The zero-order chi connectivity index (χ0) is 16.6. The van der Waals surface area contributed by atoms with Gasteiger partial charge in [0.25, 0.3) is 0 Å². The first-order valence-corrected chi connectivity index (χ1v) is 6.50. The van der Waals surface area contributed by atoms with E-state index in [4.69, 9.17) is 9.47 Å². The zero-order valence-corrected chi connectivity index (χ0v) is 12.2. The van der Waals surface area contributed by atoms with Crippen molar-refractivity contribution >= 4 is 11.9 Å². The summed E-state index contributed by atoms with van der Waals surface area (Å²) < 4.78 is 11.7. The van der Waals surface area contributed by atoms with Gasteiger partial charge in [-0.25, -0.2) is 4.79 Å². The zero-order valence-electron chi connectivity index (χ0n) is 12.2. The van der Waals surface area contributed by atoms with Crippen molar-refractivity contribution in [1.29, 1.82) is 0 Å². The van der Waals surface area contributed by atoms with Crippen LogP contribution < -0.4 is 14.8 Å². The molecule has 23 heavy (non-hydrogen) atoms. The summed E-state index contributed by atoms with van der Waals surface area (Å²) in [6.07, 6.45) is 1.46. The molecule has 10 nitrogen and oxygen atoms in total. The molecule has 1 aliphatic rings. The summed E-state index contributed by atoms with van der Waals surface area (Å²) in [5, 5.41) is 33.0. The lowest BCUT2D eigenvalue weighted by Crippen LogP contribution is -2.24. The van der Waals surface area contributed by atoms with Gasteiger partial charge < -0.3 is 25.0 Å². The number of carboxylic acids is 1. The van der Waals surface area contributed by atoms with E-state index < -0.39 is 12.0 Å². The fraction of sp³-hybridized carbons (Fsp3) is 0.231. The molecular formula is C13H13N5O5. The summed E-state index contributed by atoms with van der Waals surface area (Å²) in [5.74, 6) is -0.703. The van der Waals surface area contributed by atoms with Crippen LogP contribution in [0.3, 0.4) is 0 Å². The highest BCUT2D eigenvalue weighted by Gasteiger charge is 2.28. The van der Waals surface area contributed by atoms with E-state index in [0.29, 0.717) is 5.56 Å². The van der Waals surface area contributed by atoms with Gasteiger partial charge in [0, 0.05) is 0 Å². The predicted molar refractivity (Wildman–Crippen MR) is 76.5 cm³/mol. The topological polar surface area (TPSA) is 132 Å². The standard InChI is InChI=1S/C13H13N5O5/c1-22-9-3-6(4-10(23-2)11(9)19)8-5-7(12(20)21)14-13-15-16-17-18(8)13/h3-5,8,19H,1-2H3,(H,20,21)(H,14,15,17). The van der Waals surface area contributed by atoms with Crippen LogP contribution in [0.1, 0.15) is 11.6 Å². The molecule has 0 fully saturated rings. The molecule has 3 N–H and O–H groups in total. The molecule has 1 aliphatic heterocycles. The molecule has 1 aromatic heterocycles. The molecule has 0 aliphatic carbocycles. The number of aromatic nitrogens is 4. The van der Waals surface area contributed by atoms with Crippen LogP contribution in [-0.4, -0.2) is 50.6 Å². The Labute approximate surface area is 129 Å². The van der Waals surface area contributed by atoms with Crippen LogP contribution in [0.5, 0.6) is 17.2 Å². The Morgan fingerprint density at radius 1 is 1.30 bits per heavy atom. The molecule has 3 rings (SSSR count). The Hall–Kier alpha value is -3.30. The Bertz CT molecular complexity index is 775. The molecule has 2 heterocycles. The summed E-state index contributed by atoms with van der Waals surface area (Å²) in [5.41, 5.74) is 0.536. The van der Waals surface area contributed by atoms with Crippen LogP contribution in [0.2, 0.25) is 0 Å². The first-order valence-electron chi connectivity index (χ1n) is 6.50. The monoisotopic (exact) mass is 319 g/mol. The number of fused-ring (bicyclic) bond motifs is 1. The van der Waals surface area contributed by atoms with Crippen LogP contribution >= 0.6 is 0 Å². The summed E-state index contributed by atoms with van der Waals surface area (Å²) in [6, 6.07) is 2.53. The van der Waals surface area contributed by atoms with Gasteiger partial charge in [0.15, 0.2) is 11.5 Å². The van der Waals surface area contributed by atoms with Crippen molar-refractivity contribution in [2.24, 2.45) is 0 Å². The van der Waals surface area contributed by atoms with Crippen LogP contribution in [0.4, 0.5) is 5.95 Å². The van der Waals surface area contributed by atoms with Crippen molar-refractivity contribution in [3.05, 3.63) is 29.5 Å². The number of phenols is 1. The van der Waals surface area contributed by atoms with Crippen LogP contribution in [0.15, 0.2) is 23.9 Å². The van der Waals surface area contributed by atoms with Gasteiger partial charge in [0.2, 0.25) is 11.7 Å². The second kappa shape index (κ2) is 5.48. The van der Waals surface area contributed by atoms with E-state index in [1.807, 2.05) is 0 Å². The summed E-state index contributed by atoms with van der Waals surface area (Å²) in [6.45, 7) is 0. The van der Waals surface area contributed by atoms with Gasteiger partial charge >= 0.3 is 5.97 Å². The molecular weight excluding hydrogens is 306 g/mol. The number of nitrogens with one attached hydrogen (secondary N) is 1. The van der Waals surface area contributed by atoms with Gasteiger partial charge in [-0.15, -0.1) is 0 Å². The van der Waals surface area contributed by atoms with Gasteiger partial charge in [-0.1, -0.05) is 5.10 Å². The van der Waals surface area contributed by atoms with Gasteiger partial charge in [-0.05, 0) is 34.2 Å². The third-order valence-electron chi connectivity index (χ3n) is 3.40. The van der Waals surface area contributed by atoms with E-state index in [2.05, 4.69) is 20.8 Å². The lowest BCUT2D eigenvalue weighted by molar-refractivity contribution is -0.132. The minimum absolute atomic E-state index is 0.0525. The van der Waals surface area contributed by atoms with Crippen LogP contribution in [0.25, 0.3) is 0 Å². The highest BCUT2D eigenvalue weighted by atomic mass is 16.5. The number of allylic oxidation sites excluding steroid dienone is 1. The number of hydrogen-bond donors (Lipinski definition) is 3. The Morgan fingerprint density at radius 3 is 2.52 bits per heavy atom. The number of hydrogen-bond acceptors (Lipinski definition) is 8. The SMILES string of the molecule is COc1cc(C2C=C(C(=O)O)Nc3nnnn32)cc(OC)c1O. The van der Waals surface area contributed by atoms with E-state index in [9.17, 15) is 15.0 Å². The van der Waals surface area contributed by atoms with Crippen molar-refractivity contribution in [2.75, 3.05) is 19.5 Å². The Kier molecular flexibility index (Phi) is 3.48. The number of rotatable bonds is 4. The fourth-order valence-corrected chi connectivity index (χ4v) is 2.30. The maximum atomic E-state index is 11.3. The number of benzene rings is 1. The number of phenolic OH excluding ortho intramolecular Hbond substituents is 1. The predicted octanol–water partition coefficient (Wildman–Crippen LogP) is 0.379. The van der Waals surface area contributed by atoms with Gasteiger partial charge in [-0.2, -0.15) is 4.68 Å². The third kappa shape index (κ3) is 2.39. The highest BCUT2D eigenvalue weighted by Crippen LogP contribution is 2.40. The molecule has 1 aromatic carbocycles. The average Bonchev–Trinajstić information content (AvgIpc) is 3.02.